The quantitative estimate of drug-likeness (QED) is 0.406. The van der Waals surface area contributed by atoms with Crippen molar-refractivity contribution in [2.45, 2.75) is 5.38 Å². The normalized spacial score (nSPS) is 12.8. The van der Waals surface area contributed by atoms with Crippen LogP contribution in [-0.4, -0.2) is 0 Å². The van der Waals surface area contributed by atoms with Gasteiger partial charge in [-0.3, -0.25) is 0 Å². The van der Waals surface area contributed by atoms with E-state index in [0.717, 1.165) is 23.2 Å². The Hall–Kier alpha value is 0.940. The number of hydrogen-bond acceptors (Lipinski definition) is 1. The lowest BCUT2D eigenvalue weighted by Crippen LogP contribution is -1.92. The number of alkyl halides is 1. The summed E-state index contributed by atoms with van der Waals surface area (Å²) in [4.78, 5) is 0. The van der Waals surface area contributed by atoms with Gasteiger partial charge in [0.05, 0.1) is 12.9 Å². The Balaban J connectivity index is 2.43. The molecule has 0 bridgehead atoms. The zero-order valence-electron chi connectivity index (χ0n) is 8.18. The molecule has 0 aliphatic heterocycles. The molecule has 0 spiro atoms. The monoisotopic (exact) mass is 476 g/mol. The fourth-order valence-corrected chi connectivity index (χ4v) is 5.71. The first-order chi connectivity index (χ1) is 7.97. The van der Waals surface area contributed by atoms with Gasteiger partial charge in [-0.1, -0.05) is 27.5 Å². The maximum absolute atomic E-state index is 6.47. The van der Waals surface area contributed by atoms with Gasteiger partial charge in [0.1, 0.15) is 0 Å². The molecular formula is C11H5Br3Cl2S. The summed E-state index contributed by atoms with van der Waals surface area (Å²) in [5, 5.41) is 0.451. The van der Waals surface area contributed by atoms with Gasteiger partial charge in [0.15, 0.2) is 0 Å². The molecule has 17 heavy (non-hydrogen) atoms. The molecule has 1 aromatic heterocycles. The van der Waals surface area contributed by atoms with E-state index in [-0.39, 0.29) is 5.38 Å². The Morgan fingerprint density at radius 2 is 1.76 bits per heavy atom. The van der Waals surface area contributed by atoms with Crippen molar-refractivity contribution in [2.24, 2.45) is 0 Å². The van der Waals surface area contributed by atoms with E-state index >= 15 is 0 Å². The van der Waals surface area contributed by atoms with Crippen LogP contribution in [0.3, 0.4) is 0 Å². The van der Waals surface area contributed by atoms with Crippen molar-refractivity contribution in [1.29, 1.82) is 0 Å². The third-order valence-electron chi connectivity index (χ3n) is 2.13. The molecule has 0 saturated carbocycles. The molecule has 1 heterocycles. The fourth-order valence-electron chi connectivity index (χ4n) is 1.43. The summed E-state index contributed by atoms with van der Waals surface area (Å²) in [7, 11) is 0. The molecule has 0 saturated heterocycles. The van der Waals surface area contributed by atoms with Crippen LogP contribution in [0.25, 0.3) is 0 Å². The zero-order chi connectivity index (χ0) is 12.6. The number of halogens is 5. The minimum atomic E-state index is -0.220. The van der Waals surface area contributed by atoms with Crippen LogP contribution in [0.1, 0.15) is 16.5 Å². The summed E-state index contributed by atoms with van der Waals surface area (Å²) >= 11 is 24.5. The van der Waals surface area contributed by atoms with E-state index in [2.05, 4.69) is 47.8 Å². The predicted octanol–water partition coefficient (Wildman–Crippen LogP) is 7.02. The van der Waals surface area contributed by atoms with E-state index in [0.29, 0.717) is 5.02 Å². The van der Waals surface area contributed by atoms with Gasteiger partial charge in [0, 0.05) is 15.1 Å². The first-order valence-corrected chi connectivity index (χ1v) is 8.53. The minimum Gasteiger partial charge on any atom is -0.121 e. The molecule has 1 atom stereocenters. The van der Waals surface area contributed by atoms with Gasteiger partial charge in [0.2, 0.25) is 0 Å². The standard InChI is InChI=1S/C11H5Br3Cl2S/c12-6-1-5(2-7(15)3-6)10(16)8-4-9(13)17-11(8)14/h1-4,10H. The second-order valence-corrected chi connectivity index (χ2v) is 8.88. The van der Waals surface area contributed by atoms with Gasteiger partial charge in [-0.25, -0.2) is 0 Å². The molecule has 0 fully saturated rings. The lowest BCUT2D eigenvalue weighted by Gasteiger charge is -2.10. The molecule has 0 N–H and O–H groups in total. The Morgan fingerprint density at radius 1 is 1.06 bits per heavy atom. The van der Waals surface area contributed by atoms with Crippen molar-refractivity contribution in [3.63, 3.8) is 0 Å². The maximum atomic E-state index is 6.47. The molecule has 0 radical (unpaired) electrons. The van der Waals surface area contributed by atoms with Gasteiger partial charge >= 0.3 is 0 Å². The Bertz CT molecular complexity index is 533. The molecule has 1 unspecified atom stereocenters. The first kappa shape index (κ1) is 14.4. The third-order valence-corrected chi connectivity index (χ3v) is 5.68. The van der Waals surface area contributed by atoms with E-state index in [9.17, 15) is 0 Å². The molecule has 6 heteroatoms. The second kappa shape index (κ2) is 5.93. The van der Waals surface area contributed by atoms with E-state index < -0.39 is 0 Å². The molecule has 2 aromatic rings. The van der Waals surface area contributed by atoms with Crippen LogP contribution >= 0.6 is 82.3 Å². The third kappa shape index (κ3) is 3.48. The average molecular weight is 480 g/mol. The summed E-state index contributed by atoms with van der Waals surface area (Å²) in [5.41, 5.74) is 2.01. The number of hydrogen-bond donors (Lipinski definition) is 0. The van der Waals surface area contributed by atoms with Crippen molar-refractivity contribution in [2.75, 3.05) is 0 Å². The average Bonchev–Trinajstić information content (AvgIpc) is 2.55. The second-order valence-electron chi connectivity index (χ2n) is 3.34. The Labute approximate surface area is 139 Å². The molecular weight excluding hydrogens is 475 g/mol. The van der Waals surface area contributed by atoms with E-state index in [1.165, 1.54) is 0 Å². The number of rotatable bonds is 2. The van der Waals surface area contributed by atoms with Gasteiger partial charge in [-0.15, -0.1) is 22.9 Å². The molecule has 2 rings (SSSR count). The molecule has 0 aliphatic rings. The maximum Gasteiger partial charge on any atom is 0.0855 e. The van der Waals surface area contributed by atoms with Crippen LogP contribution in [0.15, 0.2) is 36.3 Å². The lowest BCUT2D eigenvalue weighted by atomic mass is 10.1. The van der Waals surface area contributed by atoms with E-state index in [1.54, 1.807) is 11.3 Å². The van der Waals surface area contributed by atoms with Crippen LogP contribution in [0.4, 0.5) is 0 Å². The molecule has 90 valence electrons. The van der Waals surface area contributed by atoms with Gasteiger partial charge in [0.25, 0.3) is 0 Å². The van der Waals surface area contributed by atoms with Gasteiger partial charge in [-0.05, 0) is 61.7 Å². The molecule has 1 aromatic carbocycles. The van der Waals surface area contributed by atoms with Gasteiger partial charge in [-0.2, -0.15) is 0 Å². The highest BCUT2D eigenvalue weighted by molar-refractivity contribution is 9.12. The molecule has 0 amide bonds. The topological polar surface area (TPSA) is 0 Å². The largest absolute Gasteiger partial charge is 0.121 e. The summed E-state index contributed by atoms with van der Waals surface area (Å²) in [6.45, 7) is 0. The molecule has 0 aliphatic carbocycles. The Kier molecular flexibility index (Phi) is 5.01. The van der Waals surface area contributed by atoms with Gasteiger partial charge < -0.3 is 0 Å². The van der Waals surface area contributed by atoms with Crippen molar-refractivity contribution in [1.82, 2.24) is 0 Å². The summed E-state index contributed by atoms with van der Waals surface area (Å²) in [6, 6.07) is 7.71. The highest BCUT2D eigenvalue weighted by atomic mass is 79.9. The van der Waals surface area contributed by atoms with E-state index in [4.69, 9.17) is 23.2 Å². The highest BCUT2D eigenvalue weighted by Gasteiger charge is 2.17. The summed E-state index contributed by atoms with van der Waals surface area (Å²) < 4.78 is 3.00. The van der Waals surface area contributed by atoms with Crippen LogP contribution in [0.2, 0.25) is 5.02 Å². The Morgan fingerprint density at radius 3 is 2.29 bits per heavy atom. The van der Waals surface area contributed by atoms with Crippen LogP contribution in [0, 0.1) is 0 Å². The number of thiophene rings is 1. The highest BCUT2D eigenvalue weighted by Crippen LogP contribution is 2.41. The smallest absolute Gasteiger partial charge is 0.0855 e. The minimum absolute atomic E-state index is 0.220. The van der Waals surface area contributed by atoms with Crippen LogP contribution in [-0.2, 0) is 0 Å². The lowest BCUT2D eigenvalue weighted by molar-refractivity contribution is 1.14. The SMILES string of the molecule is Clc1cc(Br)cc(C(Cl)c2cc(Br)sc2Br)c1. The zero-order valence-corrected chi connectivity index (χ0v) is 15.3. The van der Waals surface area contributed by atoms with Crippen molar-refractivity contribution in [3.8, 4) is 0 Å². The van der Waals surface area contributed by atoms with E-state index in [1.807, 2.05) is 24.3 Å². The first-order valence-electron chi connectivity index (χ1n) is 4.52. The fraction of sp³-hybridized carbons (Fsp3) is 0.0909. The summed E-state index contributed by atoms with van der Waals surface area (Å²) in [5.74, 6) is 0. The summed E-state index contributed by atoms with van der Waals surface area (Å²) in [6.07, 6.45) is 0. The predicted molar refractivity (Wildman–Crippen MR) is 86.6 cm³/mol. The van der Waals surface area contributed by atoms with Crippen LogP contribution < -0.4 is 0 Å². The number of benzene rings is 1. The van der Waals surface area contributed by atoms with Crippen molar-refractivity contribution in [3.05, 3.63) is 52.5 Å². The molecule has 0 nitrogen and oxygen atoms in total. The van der Waals surface area contributed by atoms with Crippen LogP contribution in [0.5, 0.6) is 0 Å². The van der Waals surface area contributed by atoms with Crippen molar-refractivity contribution < 1.29 is 0 Å². The van der Waals surface area contributed by atoms with Crippen molar-refractivity contribution >= 4 is 82.3 Å².